The summed E-state index contributed by atoms with van der Waals surface area (Å²) in [4.78, 5) is 16.2. The molecule has 0 saturated carbocycles. The Bertz CT molecular complexity index is 3310. The second kappa shape index (κ2) is 11.2. The van der Waals surface area contributed by atoms with E-state index in [0.29, 0.717) is 17.5 Å². The maximum Gasteiger partial charge on any atom is 0.164 e. The second-order valence-corrected chi connectivity index (χ2v) is 16.7. The maximum absolute atomic E-state index is 5.47. The molecule has 0 atom stereocenters. The molecule has 0 N–H and O–H groups in total. The smallest absolute Gasteiger partial charge is 0.164 e. The van der Waals surface area contributed by atoms with Gasteiger partial charge in [0.1, 0.15) is 0 Å². The summed E-state index contributed by atoms with van der Waals surface area (Å²) in [6, 6.07) is 54.6. The molecule has 0 unspecified atom stereocenters. The van der Waals surface area contributed by atoms with Crippen LogP contribution in [0.4, 0.5) is 0 Å². The lowest BCUT2D eigenvalue weighted by Gasteiger charge is -2.13. The Kier molecular flexibility index (Phi) is 6.25. The van der Waals surface area contributed by atoms with Crippen LogP contribution in [0.25, 0.3) is 116 Å². The third-order valence-electron chi connectivity index (χ3n) is 10.5. The summed E-state index contributed by atoms with van der Waals surface area (Å²) in [7, 11) is 0. The largest absolute Gasteiger partial charge is 0.208 e. The van der Waals surface area contributed by atoms with Crippen LogP contribution in [0.1, 0.15) is 0 Å². The zero-order chi connectivity index (χ0) is 34.6. The fourth-order valence-electron chi connectivity index (χ4n) is 8.08. The van der Waals surface area contributed by atoms with E-state index in [2.05, 4.69) is 152 Å². The number of rotatable bonds is 3. The molecule has 8 aromatic carbocycles. The highest BCUT2D eigenvalue weighted by Crippen LogP contribution is 2.46. The highest BCUT2D eigenvalue weighted by molar-refractivity contribution is 7.27. The molecule has 0 spiro atoms. The lowest BCUT2D eigenvalue weighted by atomic mass is 9.98. The molecule has 0 aliphatic heterocycles. The first kappa shape index (κ1) is 29.5. The Labute approximate surface area is 315 Å². The summed E-state index contributed by atoms with van der Waals surface area (Å²) in [6.45, 7) is 0. The Balaban J connectivity index is 1.21. The first-order valence-electron chi connectivity index (χ1n) is 17.6. The van der Waals surface area contributed by atoms with Crippen LogP contribution in [0.5, 0.6) is 0 Å². The van der Waals surface area contributed by atoms with Crippen molar-refractivity contribution in [1.29, 1.82) is 0 Å². The minimum Gasteiger partial charge on any atom is -0.208 e. The number of fused-ring (bicyclic) bond motifs is 13. The Morgan fingerprint density at radius 3 is 1.32 bits per heavy atom. The van der Waals surface area contributed by atoms with E-state index in [1.165, 1.54) is 82.1 Å². The molecule has 12 rings (SSSR count). The molecule has 0 amide bonds. The van der Waals surface area contributed by atoms with Gasteiger partial charge < -0.3 is 0 Å². The van der Waals surface area contributed by atoms with Crippen LogP contribution >= 0.6 is 34.0 Å². The molecule has 53 heavy (non-hydrogen) atoms. The quantitative estimate of drug-likeness (QED) is 0.182. The van der Waals surface area contributed by atoms with E-state index in [0.717, 1.165) is 16.7 Å². The van der Waals surface area contributed by atoms with Gasteiger partial charge in [-0.1, -0.05) is 115 Å². The first-order valence-corrected chi connectivity index (χ1v) is 20.0. The molecule has 12 aromatic rings. The molecule has 4 heterocycles. The van der Waals surface area contributed by atoms with Gasteiger partial charge in [-0.2, -0.15) is 0 Å². The minimum atomic E-state index is 0.672. The fraction of sp³-hybridized carbons (Fsp3) is 0. The molecule has 0 radical (unpaired) electrons. The van der Waals surface area contributed by atoms with Crippen LogP contribution in [-0.4, -0.2) is 15.0 Å². The summed E-state index contributed by atoms with van der Waals surface area (Å²) in [5.74, 6) is 2.04. The van der Waals surface area contributed by atoms with E-state index < -0.39 is 0 Å². The SMILES string of the molecule is c1ccc2c(c1)cc(-c1nc(-c3ccc4c(c3)sc3ccccc34)nc(-c3cc4ccccc4c4sc5ccccc5c34)n1)c1c3ccccc3sc21. The topological polar surface area (TPSA) is 38.7 Å². The van der Waals surface area contributed by atoms with Crippen molar-refractivity contribution in [2.24, 2.45) is 0 Å². The molecule has 246 valence electrons. The van der Waals surface area contributed by atoms with E-state index in [1.54, 1.807) is 0 Å². The zero-order valence-electron chi connectivity index (χ0n) is 28.0. The average Bonchev–Trinajstić information content (AvgIpc) is 3.92. The molecule has 0 aliphatic rings. The highest BCUT2D eigenvalue weighted by atomic mass is 32.1. The summed E-state index contributed by atoms with van der Waals surface area (Å²) in [6.07, 6.45) is 0. The Morgan fingerprint density at radius 2 is 0.755 bits per heavy atom. The normalized spacial score (nSPS) is 12.2. The second-order valence-electron chi connectivity index (χ2n) is 13.5. The van der Waals surface area contributed by atoms with Crippen LogP contribution in [0, 0.1) is 0 Å². The Hall–Kier alpha value is -6.05. The van der Waals surface area contributed by atoms with Gasteiger partial charge in [0.15, 0.2) is 17.5 Å². The van der Waals surface area contributed by atoms with Crippen LogP contribution in [-0.2, 0) is 0 Å². The van der Waals surface area contributed by atoms with E-state index in [-0.39, 0.29) is 0 Å². The van der Waals surface area contributed by atoms with Crippen molar-refractivity contribution in [3.05, 3.63) is 152 Å². The molecule has 6 heteroatoms. The molecule has 0 saturated heterocycles. The first-order chi connectivity index (χ1) is 26.2. The van der Waals surface area contributed by atoms with Crippen molar-refractivity contribution in [3.63, 3.8) is 0 Å². The van der Waals surface area contributed by atoms with E-state index in [4.69, 9.17) is 15.0 Å². The standard InChI is InChI=1S/C47H25N3S3/c1-3-13-29-26(11-1)23-35(41-33-16-6-9-19-38(33)52-43(29)41)46-48-45(28-21-22-32-31-15-5-8-18-37(31)51-40(32)25-28)49-47(50-46)36-24-27-12-2-4-14-30(27)44-42(36)34-17-7-10-20-39(34)53-44/h1-25H. The third kappa shape index (κ3) is 4.40. The molecule has 0 bridgehead atoms. The van der Waals surface area contributed by atoms with Crippen molar-refractivity contribution in [2.45, 2.75) is 0 Å². The van der Waals surface area contributed by atoms with Gasteiger partial charge in [0.25, 0.3) is 0 Å². The monoisotopic (exact) mass is 727 g/mol. The lowest BCUT2D eigenvalue weighted by Crippen LogP contribution is -2.01. The van der Waals surface area contributed by atoms with E-state index in [9.17, 15) is 0 Å². The summed E-state index contributed by atoms with van der Waals surface area (Å²) < 4.78 is 7.53. The lowest BCUT2D eigenvalue weighted by molar-refractivity contribution is 1.08. The van der Waals surface area contributed by atoms with Gasteiger partial charge in [-0.15, -0.1) is 34.0 Å². The number of benzene rings is 8. The molecular weight excluding hydrogens is 703 g/mol. The van der Waals surface area contributed by atoms with E-state index >= 15 is 0 Å². The van der Waals surface area contributed by atoms with Gasteiger partial charge >= 0.3 is 0 Å². The van der Waals surface area contributed by atoms with Crippen molar-refractivity contribution in [1.82, 2.24) is 15.0 Å². The van der Waals surface area contributed by atoms with Crippen molar-refractivity contribution < 1.29 is 0 Å². The van der Waals surface area contributed by atoms with Crippen molar-refractivity contribution in [3.8, 4) is 34.2 Å². The van der Waals surface area contributed by atoms with Crippen LogP contribution in [0.3, 0.4) is 0 Å². The third-order valence-corrected chi connectivity index (χ3v) is 14.0. The van der Waals surface area contributed by atoms with Gasteiger partial charge in [-0.25, -0.2) is 15.0 Å². The fourth-order valence-corrected chi connectivity index (χ4v) is 11.8. The van der Waals surface area contributed by atoms with Crippen molar-refractivity contribution >= 4 is 116 Å². The van der Waals surface area contributed by atoms with Gasteiger partial charge in [0.05, 0.1) is 0 Å². The molecule has 4 aromatic heterocycles. The Morgan fingerprint density at radius 1 is 0.321 bits per heavy atom. The number of hydrogen-bond donors (Lipinski definition) is 0. The number of thiophene rings is 3. The predicted molar refractivity (Wildman–Crippen MR) is 230 cm³/mol. The summed E-state index contributed by atoms with van der Waals surface area (Å²) in [5.41, 5.74) is 3.03. The number of hydrogen-bond acceptors (Lipinski definition) is 6. The van der Waals surface area contributed by atoms with E-state index in [1.807, 2.05) is 34.0 Å². The summed E-state index contributed by atoms with van der Waals surface area (Å²) >= 11 is 5.50. The average molecular weight is 728 g/mol. The van der Waals surface area contributed by atoms with Gasteiger partial charge in [0, 0.05) is 77.2 Å². The highest BCUT2D eigenvalue weighted by Gasteiger charge is 2.22. The summed E-state index contributed by atoms with van der Waals surface area (Å²) in [5, 5.41) is 12.2. The van der Waals surface area contributed by atoms with Gasteiger partial charge in [-0.05, 0) is 57.9 Å². The van der Waals surface area contributed by atoms with Gasteiger partial charge in [0.2, 0.25) is 0 Å². The molecule has 0 aliphatic carbocycles. The van der Waals surface area contributed by atoms with Gasteiger partial charge in [-0.3, -0.25) is 0 Å². The van der Waals surface area contributed by atoms with Crippen LogP contribution in [0.15, 0.2) is 152 Å². The maximum atomic E-state index is 5.47. The van der Waals surface area contributed by atoms with Crippen LogP contribution in [0.2, 0.25) is 0 Å². The predicted octanol–water partition coefficient (Wildman–Crippen LogP) is 14.3. The number of nitrogens with zero attached hydrogens (tertiary/aromatic N) is 3. The molecule has 3 nitrogen and oxygen atoms in total. The van der Waals surface area contributed by atoms with Crippen LogP contribution < -0.4 is 0 Å². The number of aromatic nitrogens is 3. The van der Waals surface area contributed by atoms with Crippen molar-refractivity contribution in [2.75, 3.05) is 0 Å². The minimum absolute atomic E-state index is 0.672. The molecule has 0 fully saturated rings. The molecular formula is C47H25N3S3. The zero-order valence-corrected chi connectivity index (χ0v) is 30.4.